The van der Waals surface area contributed by atoms with Crippen LogP contribution in [0.3, 0.4) is 0 Å². The Morgan fingerprint density at radius 3 is 2.46 bits per heavy atom. The van der Waals surface area contributed by atoms with Gasteiger partial charge in [-0.2, -0.15) is 0 Å². The highest BCUT2D eigenvalue weighted by molar-refractivity contribution is 7.29. The molecule has 0 spiro atoms. The minimum Gasteiger partial charge on any atom is -0.463 e. The highest BCUT2D eigenvalue weighted by Gasteiger charge is 2.10. The van der Waals surface area contributed by atoms with Gasteiger partial charge in [0.1, 0.15) is 9.83 Å². The highest BCUT2D eigenvalue weighted by atomic mass is 32.1. The van der Waals surface area contributed by atoms with Crippen LogP contribution < -0.4 is 0 Å². The van der Waals surface area contributed by atoms with Crippen LogP contribution in [0.2, 0.25) is 0 Å². The lowest BCUT2D eigenvalue weighted by molar-refractivity contribution is -0.137. The summed E-state index contributed by atoms with van der Waals surface area (Å²) in [6.07, 6.45) is 9.57. The van der Waals surface area contributed by atoms with E-state index in [0.717, 1.165) is 51.3 Å². The number of aromatic nitrogens is 1. The van der Waals surface area contributed by atoms with Crippen LogP contribution in [0.15, 0.2) is 53.2 Å². The third-order valence-electron chi connectivity index (χ3n) is 5.16. The zero-order valence-corrected chi connectivity index (χ0v) is 21.7. The average Bonchev–Trinajstić information content (AvgIpc) is 3.43. The summed E-state index contributed by atoms with van der Waals surface area (Å²) in [6.45, 7) is 6.39. The van der Waals surface area contributed by atoms with Crippen molar-refractivity contribution in [3.8, 4) is 0 Å². The molecular weight excluding hydrogens is 482 g/mol. The Labute approximate surface area is 213 Å². The Morgan fingerprint density at radius 1 is 0.971 bits per heavy atom. The maximum absolute atomic E-state index is 12.2. The second-order valence-electron chi connectivity index (χ2n) is 7.99. The summed E-state index contributed by atoms with van der Waals surface area (Å²) in [5.41, 5.74) is 1.18. The maximum atomic E-state index is 12.2. The molecule has 0 aliphatic rings. The highest BCUT2D eigenvalue weighted by Crippen LogP contribution is 2.36. The van der Waals surface area contributed by atoms with Crippen LogP contribution in [-0.2, 0) is 20.7 Å². The van der Waals surface area contributed by atoms with Gasteiger partial charge in [-0.15, -0.1) is 21.6 Å². The number of hydrogen-bond acceptors (Lipinski definition) is 9. The van der Waals surface area contributed by atoms with Crippen molar-refractivity contribution in [3.05, 3.63) is 53.6 Å². The van der Waals surface area contributed by atoms with E-state index in [1.54, 1.807) is 35.6 Å². The molecule has 35 heavy (non-hydrogen) atoms. The van der Waals surface area contributed by atoms with Gasteiger partial charge in [0.25, 0.3) is 0 Å². The van der Waals surface area contributed by atoms with E-state index < -0.39 is 5.97 Å². The summed E-state index contributed by atoms with van der Waals surface area (Å²) < 4.78 is 11.4. The van der Waals surface area contributed by atoms with Crippen LogP contribution in [0, 0.1) is 0 Å². The molecule has 0 radical (unpaired) electrons. The third-order valence-corrected chi connectivity index (χ3v) is 7.27. The van der Waals surface area contributed by atoms with Crippen LogP contribution in [0.4, 0.5) is 10.7 Å². The first-order valence-corrected chi connectivity index (χ1v) is 13.6. The first kappa shape index (κ1) is 26.7. The lowest BCUT2D eigenvalue weighted by Gasteiger charge is -2.05. The van der Waals surface area contributed by atoms with Crippen LogP contribution in [0.1, 0.15) is 67.2 Å². The van der Waals surface area contributed by atoms with Crippen molar-refractivity contribution >= 4 is 54.8 Å². The van der Waals surface area contributed by atoms with Crippen LogP contribution >= 0.6 is 22.7 Å². The number of esters is 2. The number of azo groups is 1. The quantitative estimate of drug-likeness (QED) is 0.0890. The smallest absolute Gasteiger partial charge is 0.338 e. The number of nitrogens with zero attached hydrogens (tertiary/aromatic N) is 3. The molecule has 0 fully saturated rings. The van der Waals surface area contributed by atoms with Crippen LogP contribution in [-0.4, -0.2) is 30.1 Å². The van der Waals surface area contributed by atoms with Gasteiger partial charge in [0, 0.05) is 12.5 Å². The molecule has 0 saturated heterocycles. The molecule has 1 aromatic carbocycles. The number of fused-ring (bicyclic) bond motifs is 1. The summed E-state index contributed by atoms with van der Waals surface area (Å²) >= 11 is 3.08. The SMILES string of the molecule is C=CC(=O)OCCCc1nc2sc(N=Nc3ccc(C(=O)OCCCCCCCC)cc3)cc2s1. The van der Waals surface area contributed by atoms with Crippen molar-refractivity contribution in [2.24, 2.45) is 10.2 Å². The molecule has 2 heterocycles. The number of carbonyl (C=O) groups is 2. The van der Waals surface area contributed by atoms with E-state index in [4.69, 9.17) is 9.47 Å². The van der Waals surface area contributed by atoms with Gasteiger partial charge in [0.2, 0.25) is 0 Å². The molecule has 186 valence electrons. The Morgan fingerprint density at radius 2 is 1.71 bits per heavy atom. The number of aryl methyl sites for hydroxylation is 1. The lowest BCUT2D eigenvalue weighted by Crippen LogP contribution is -2.06. The number of thiazole rings is 1. The van der Waals surface area contributed by atoms with Crippen molar-refractivity contribution in [3.63, 3.8) is 0 Å². The van der Waals surface area contributed by atoms with Gasteiger partial charge in [0.15, 0.2) is 0 Å². The van der Waals surface area contributed by atoms with Gasteiger partial charge in [-0.3, -0.25) is 0 Å². The van der Waals surface area contributed by atoms with E-state index in [0.29, 0.717) is 24.5 Å². The Kier molecular flexibility index (Phi) is 11.0. The first-order chi connectivity index (χ1) is 17.1. The molecule has 0 amide bonds. The zero-order chi connectivity index (χ0) is 24.9. The average molecular weight is 514 g/mol. The van der Waals surface area contributed by atoms with Gasteiger partial charge < -0.3 is 9.47 Å². The molecule has 0 bridgehead atoms. The minimum absolute atomic E-state index is 0.304. The van der Waals surface area contributed by atoms with Crippen molar-refractivity contribution in [2.75, 3.05) is 13.2 Å². The number of hydrogen-bond donors (Lipinski definition) is 0. The summed E-state index contributed by atoms with van der Waals surface area (Å²) in [7, 11) is 0. The first-order valence-electron chi connectivity index (χ1n) is 12.0. The molecule has 0 unspecified atom stereocenters. The van der Waals surface area contributed by atoms with Gasteiger partial charge in [0.05, 0.1) is 34.2 Å². The van der Waals surface area contributed by atoms with Crippen LogP contribution in [0.25, 0.3) is 9.53 Å². The molecule has 3 rings (SSSR count). The third kappa shape index (κ3) is 8.99. The van der Waals surface area contributed by atoms with E-state index >= 15 is 0 Å². The van der Waals surface area contributed by atoms with Gasteiger partial charge in [-0.25, -0.2) is 14.6 Å². The number of rotatable bonds is 15. The molecule has 3 aromatic rings. The number of carbonyl (C=O) groups excluding carboxylic acids is 2. The summed E-state index contributed by atoms with van der Waals surface area (Å²) in [4.78, 5) is 28.8. The maximum Gasteiger partial charge on any atom is 0.338 e. The van der Waals surface area contributed by atoms with E-state index in [2.05, 4.69) is 28.7 Å². The molecule has 0 N–H and O–H groups in total. The molecular formula is C26H31N3O4S2. The molecule has 2 aromatic heterocycles. The summed E-state index contributed by atoms with van der Waals surface area (Å²) in [6, 6.07) is 8.92. The monoisotopic (exact) mass is 513 g/mol. The van der Waals surface area contributed by atoms with E-state index in [1.165, 1.54) is 37.0 Å². The Bertz CT molecular complexity index is 1100. The van der Waals surface area contributed by atoms with Crippen LogP contribution in [0.5, 0.6) is 0 Å². The Hall–Kier alpha value is -2.91. The summed E-state index contributed by atoms with van der Waals surface area (Å²) in [5.74, 6) is -0.709. The fourth-order valence-corrected chi connectivity index (χ4v) is 5.37. The molecule has 0 saturated carbocycles. The number of ether oxygens (including phenoxy) is 2. The van der Waals surface area contributed by atoms with Crippen molar-refractivity contribution in [1.29, 1.82) is 0 Å². The second kappa shape index (κ2) is 14.5. The molecule has 0 atom stereocenters. The fourth-order valence-electron chi connectivity index (χ4n) is 3.28. The fraction of sp³-hybridized carbons (Fsp3) is 0.423. The normalized spacial score (nSPS) is 11.2. The predicted molar refractivity (Wildman–Crippen MR) is 141 cm³/mol. The number of unbranched alkanes of at least 4 members (excludes halogenated alkanes) is 5. The topological polar surface area (TPSA) is 90.2 Å². The predicted octanol–water partition coefficient (Wildman–Crippen LogP) is 7.95. The van der Waals surface area contributed by atoms with Gasteiger partial charge in [-0.1, -0.05) is 56.9 Å². The Balaban J connectivity index is 1.43. The van der Waals surface area contributed by atoms with Crippen molar-refractivity contribution in [2.45, 2.75) is 58.3 Å². The van der Waals surface area contributed by atoms with E-state index in [-0.39, 0.29) is 5.97 Å². The molecule has 0 aliphatic carbocycles. The number of benzene rings is 1. The van der Waals surface area contributed by atoms with E-state index in [9.17, 15) is 9.59 Å². The molecule has 7 nitrogen and oxygen atoms in total. The molecule has 9 heteroatoms. The van der Waals surface area contributed by atoms with E-state index in [1.807, 2.05) is 6.07 Å². The van der Waals surface area contributed by atoms with Crippen molar-refractivity contribution in [1.82, 2.24) is 4.98 Å². The summed E-state index contributed by atoms with van der Waals surface area (Å²) in [5, 5.41) is 10.4. The minimum atomic E-state index is -0.404. The second-order valence-corrected chi connectivity index (χ2v) is 10.1. The van der Waals surface area contributed by atoms with Crippen molar-refractivity contribution < 1.29 is 19.1 Å². The number of thiophene rings is 1. The zero-order valence-electron chi connectivity index (χ0n) is 20.0. The largest absolute Gasteiger partial charge is 0.463 e. The molecule has 0 aliphatic heterocycles. The van der Waals surface area contributed by atoms with Gasteiger partial charge >= 0.3 is 11.9 Å². The van der Waals surface area contributed by atoms with Gasteiger partial charge in [-0.05, 0) is 43.2 Å². The standard InChI is InChI=1S/C26H31N3O4S2/c1-3-5-6-7-8-9-16-33-26(31)19-12-14-20(15-13-19)28-29-23-18-21-25(35-23)27-22(34-21)11-10-17-32-24(30)4-2/h4,12-15,18H,2-3,5-11,16-17H2,1H3. The lowest BCUT2D eigenvalue weighted by atomic mass is 10.1.